The first-order valence-electron chi connectivity index (χ1n) is 9.30. The third-order valence-corrected chi connectivity index (χ3v) is 5.13. The second-order valence-corrected chi connectivity index (χ2v) is 6.85. The van der Waals surface area contributed by atoms with Crippen molar-refractivity contribution in [2.24, 2.45) is 0 Å². The van der Waals surface area contributed by atoms with Gasteiger partial charge in [0.1, 0.15) is 0 Å². The number of carbonyl (C=O) groups excluding carboxylic acids is 2. The normalized spacial score (nSPS) is 14.8. The Balaban J connectivity index is 1.54. The van der Waals surface area contributed by atoms with Gasteiger partial charge in [-0.1, -0.05) is 54.6 Å². The molecule has 1 heterocycles. The molecule has 4 nitrogen and oxygen atoms in total. The van der Waals surface area contributed by atoms with Crippen LogP contribution in [-0.2, 0) is 4.79 Å². The first-order valence-corrected chi connectivity index (χ1v) is 9.30. The fourth-order valence-corrected chi connectivity index (χ4v) is 3.42. The predicted octanol–water partition coefficient (Wildman–Crippen LogP) is 3.53. The zero-order chi connectivity index (χ0) is 18.4. The third-order valence-electron chi connectivity index (χ3n) is 5.13. The maximum absolute atomic E-state index is 12.4. The van der Waals surface area contributed by atoms with Crippen molar-refractivity contribution in [1.82, 2.24) is 10.2 Å². The smallest absolute Gasteiger partial charge is 0.223 e. The number of rotatable bonds is 6. The molecule has 1 fully saturated rings. The molecular weight excluding hydrogens is 324 g/mol. The quantitative estimate of drug-likeness (QED) is 0.811. The summed E-state index contributed by atoms with van der Waals surface area (Å²) >= 11 is 0. The minimum absolute atomic E-state index is 0.0247. The predicted molar refractivity (Wildman–Crippen MR) is 104 cm³/mol. The second kappa shape index (κ2) is 8.77. The zero-order valence-corrected chi connectivity index (χ0v) is 15.3. The van der Waals surface area contributed by atoms with Crippen LogP contribution in [0.2, 0.25) is 0 Å². The van der Waals surface area contributed by atoms with Gasteiger partial charge in [0.25, 0.3) is 0 Å². The van der Waals surface area contributed by atoms with Crippen LogP contribution < -0.4 is 5.32 Å². The molecule has 2 aromatic carbocycles. The number of nitrogens with zero attached hydrogens (tertiary/aromatic N) is 1. The van der Waals surface area contributed by atoms with Crippen molar-refractivity contribution in [3.05, 3.63) is 60.2 Å². The SMILES string of the molecule is CN(C(=O)CCC(=O)c1ccc(-c2ccccc2)cc1)C1CCNCC1. The molecule has 1 aliphatic rings. The van der Waals surface area contributed by atoms with Gasteiger partial charge in [-0.15, -0.1) is 0 Å². The summed E-state index contributed by atoms with van der Waals surface area (Å²) in [6, 6.07) is 18.0. The number of benzene rings is 2. The molecule has 3 rings (SSSR count). The van der Waals surface area contributed by atoms with Crippen LogP contribution in [0, 0.1) is 0 Å². The molecule has 1 amide bonds. The van der Waals surface area contributed by atoms with E-state index in [-0.39, 0.29) is 24.5 Å². The minimum atomic E-state index is 0.0247. The number of hydrogen-bond donors (Lipinski definition) is 1. The first kappa shape index (κ1) is 18.3. The summed E-state index contributed by atoms with van der Waals surface area (Å²) in [6.45, 7) is 1.91. The Kier molecular flexibility index (Phi) is 6.18. The summed E-state index contributed by atoms with van der Waals surface area (Å²) in [5, 5.41) is 3.30. The topological polar surface area (TPSA) is 49.4 Å². The largest absolute Gasteiger partial charge is 0.343 e. The second-order valence-electron chi connectivity index (χ2n) is 6.85. The van der Waals surface area contributed by atoms with Crippen LogP contribution in [0.4, 0.5) is 0 Å². The van der Waals surface area contributed by atoms with Crippen molar-refractivity contribution in [2.45, 2.75) is 31.7 Å². The van der Waals surface area contributed by atoms with Gasteiger partial charge in [-0.05, 0) is 37.1 Å². The van der Waals surface area contributed by atoms with Crippen LogP contribution in [0.15, 0.2) is 54.6 Å². The molecule has 136 valence electrons. The van der Waals surface area contributed by atoms with E-state index in [2.05, 4.69) is 5.32 Å². The average Bonchev–Trinajstić information content (AvgIpc) is 2.72. The molecule has 0 aliphatic carbocycles. The monoisotopic (exact) mass is 350 g/mol. The highest BCUT2D eigenvalue weighted by Gasteiger charge is 2.22. The van der Waals surface area contributed by atoms with Crippen molar-refractivity contribution in [1.29, 1.82) is 0 Å². The molecule has 0 bridgehead atoms. The summed E-state index contributed by atoms with van der Waals surface area (Å²) < 4.78 is 0. The Bertz CT molecular complexity index is 734. The summed E-state index contributed by atoms with van der Waals surface area (Å²) in [5.41, 5.74) is 2.89. The van der Waals surface area contributed by atoms with Crippen LogP contribution in [-0.4, -0.2) is 42.8 Å². The third kappa shape index (κ3) is 4.58. The van der Waals surface area contributed by atoms with Crippen molar-refractivity contribution in [2.75, 3.05) is 20.1 Å². The highest BCUT2D eigenvalue weighted by Crippen LogP contribution is 2.20. The lowest BCUT2D eigenvalue weighted by molar-refractivity contribution is -0.132. The standard InChI is InChI=1S/C22H26N2O2/c1-24(20-13-15-23-16-14-20)22(26)12-11-21(25)19-9-7-18(8-10-19)17-5-3-2-4-6-17/h2-10,20,23H,11-16H2,1H3. The lowest BCUT2D eigenvalue weighted by Crippen LogP contribution is -2.44. The molecule has 1 N–H and O–H groups in total. The Labute approximate surface area is 155 Å². The fraction of sp³-hybridized carbons (Fsp3) is 0.364. The molecule has 1 saturated heterocycles. The molecule has 1 aliphatic heterocycles. The van der Waals surface area contributed by atoms with Gasteiger partial charge in [0.15, 0.2) is 5.78 Å². The molecular formula is C22H26N2O2. The van der Waals surface area contributed by atoms with Gasteiger partial charge in [-0.3, -0.25) is 9.59 Å². The molecule has 0 unspecified atom stereocenters. The van der Waals surface area contributed by atoms with E-state index in [9.17, 15) is 9.59 Å². The molecule has 2 aromatic rings. The number of Topliss-reactive ketones (excluding diaryl/α,β-unsaturated/α-hetero) is 1. The van der Waals surface area contributed by atoms with Crippen molar-refractivity contribution >= 4 is 11.7 Å². The summed E-state index contributed by atoms with van der Waals surface area (Å²) in [6.07, 6.45) is 2.51. The van der Waals surface area contributed by atoms with Gasteiger partial charge in [-0.2, -0.15) is 0 Å². The van der Waals surface area contributed by atoms with Gasteiger partial charge in [-0.25, -0.2) is 0 Å². The van der Waals surface area contributed by atoms with E-state index in [0.717, 1.165) is 37.1 Å². The van der Waals surface area contributed by atoms with Crippen LogP contribution in [0.1, 0.15) is 36.0 Å². The summed E-state index contributed by atoms with van der Waals surface area (Å²) in [4.78, 5) is 26.6. The zero-order valence-electron chi connectivity index (χ0n) is 15.3. The summed E-state index contributed by atoms with van der Waals surface area (Å²) in [7, 11) is 1.86. The van der Waals surface area contributed by atoms with Gasteiger partial charge >= 0.3 is 0 Å². The molecule has 0 saturated carbocycles. The molecule has 0 atom stereocenters. The maximum Gasteiger partial charge on any atom is 0.223 e. The number of nitrogens with one attached hydrogen (secondary N) is 1. The number of carbonyl (C=O) groups is 2. The van der Waals surface area contributed by atoms with E-state index in [1.807, 2.05) is 66.5 Å². The maximum atomic E-state index is 12.4. The Hall–Kier alpha value is -2.46. The number of hydrogen-bond acceptors (Lipinski definition) is 3. The van der Waals surface area contributed by atoms with E-state index in [0.29, 0.717) is 11.6 Å². The fourth-order valence-electron chi connectivity index (χ4n) is 3.42. The Morgan fingerprint density at radius 1 is 0.923 bits per heavy atom. The molecule has 0 radical (unpaired) electrons. The van der Waals surface area contributed by atoms with Crippen LogP contribution in [0.25, 0.3) is 11.1 Å². The van der Waals surface area contributed by atoms with E-state index in [4.69, 9.17) is 0 Å². The first-order chi connectivity index (χ1) is 12.6. The number of piperidine rings is 1. The van der Waals surface area contributed by atoms with E-state index >= 15 is 0 Å². The van der Waals surface area contributed by atoms with Crippen LogP contribution in [0.5, 0.6) is 0 Å². The van der Waals surface area contributed by atoms with Crippen LogP contribution in [0.3, 0.4) is 0 Å². The summed E-state index contributed by atoms with van der Waals surface area (Å²) in [5.74, 6) is 0.0860. The lowest BCUT2D eigenvalue weighted by Gasteiger charge is -2.31. The highest BCUT2D eigenvalue weighted by molar-refractivity contribution is 5.98. The molecule has 0 aromatic heterocycles. The van der Waals surface area contributed by atoms with Crippen LogP contribution >= 0.6 is 0 Å². The van der Waals surface area contributed by atoms with Gasteiger partial charge in [0.2, 0.25) is 5.91 Å². The van der Waals surface area contributed by atoms with Crippen molar-refractivity contribution in [3.63, 3.8) is 0 Å². The van der Waals surface area contributed by atoms with E-state index in [1.54, 1.807) is 0 Å². The minimum Gasteiger partial charge on any atom is -0.343 e. The van der Waals surface area contributed by atoms with Gasteiger partial charge in [0, 0.05) is 31.5 Å². The van der Waals surface area contributed by atoms with E-state index < -0.39 is 0 Å². The number of amides is 1. The van der Waals surface area contributed by atoms with Gasteiger partial charge in [0.05, 0.1) is 0 Å². The number of ketones is 1. The van der Waals surface area contributed by atoms with Gasteiger partial charge < -0.3 is 10.2 Å². The van der Waals surface area contributed by atoms with Crippen molar-refractivity contribution in [3.8, 4) is 11.1 Å². The van der Waals surface area contributed by atoms with E-state index in [1.165, 1.54) is 0 Å². The highest BCUT2D eigenvalue weighted by atomic mass is 16.2. The molecule has 0 spiro atoms. The lowest BCUT2D eigenvalue weighted by atomic mass is 10.0. The average molecular weight is 350 g/mol. The Morgan fingerprint density at radius 3 is 2.19 bits per heavy atom. The molecule has 4 heteroatoms. The Morgan fingerprint density at radius 2 is 1.54 bits per heavy atom. The molecule has 26 heavy (non-hydrogen) atoms. The van der Waals surface area contributed by atoms with Crippen molar-refractivity contribution < 1.29 is 9.59 Å².